The number of fused-ring (bicyclic) bond motifs is 3. The zero-order valence-corrected chi connectivity index (χ0v) is 18.6. The van der Waals surface area contributed by atoms with Crippen LogP contribution in [-0.4, -0.2) is 35.7 Å². The van der Waals surface area contributed by atoms with Crippen molar-refractivity contribution in [2.24, 2.45) is 17.8 Å². The molecular formula is C26H32O5. The number of hydrogen-bond acceptors (Lipinski definition) is 5. The first-order chi connectivity index (χ1) is 14.8. The highest BCUT2D eigenvalue weighted by molar-refractivity contribution is 5.88. The van der Waals surface area contributed by atoms with E-state index in [1.165, 1.54) is 0 Å². The quantitative estimate of drug-likeness (QED) is 0.601. The molecule has 5 heteroatoms. The van der Waals surface area contributed by atoms with Crippen molar-refractivity contribution in [1.29, 1.82) is 0 Å². The minimum Gasteiger partial charge on any atom is -0.364 e. The molecule has 2 bridgehead atoms. The van der Waals surface area contributed by atoms with E-state index in [0.29, 0.717) is 24.9 Å². The molecule has 2 aliphatic heterocycles. The van der Waals surface area contributed by atoms with Crippen LogP contribution < -0.4 is 0 Å². The summed E-state index contributed by atoms with van der Waals surface area (Å²) in [5.74, 6) is 0.0975. The number of Topliss-reactive ketones (excluding diaryl/α,β-unsaturated/α-hetero) is 1. The van der Waals surface area contributed by atoms with Crippen molar-refractivity contribution in [3.63, 3.8) is 0 Å². The topological polar surface area (TPSA) is 54.0 Å². The fourth-order valence-corrected chi connectivity index (χ4v) is 5.83. The second-order valence-corrected chi connectivity index (χ2v) is 10.1. The monoisotopic (exact) mass is 424 g/mol. The van der Waals surface area contributed by atoms with E-state index in [2.05, 4.69) is 18.7 Å². The molecule has 0 aromatic heterocycles. The minimum atomic E-state index is -0.970. The molecule has 1 aromatic carbocycles. The minimum absolute atomic E-state index is 0.0309. The van der Waals surface area contributed by atoms with Gasteiger partial charge < -0.3 is 18.9 Å². The number of ether oxygens (including phenoxy) is 4. The van der Waals surface area contributed by atoms with Gasteiger partial charge in [-0.25, -0.2) is 0 Å². The van der Waals surface area contributed by atoms with Crippen LogP contribution in [-0.2, 0) is 30.3 Å². The van der Waals surface area contributed by atoms with E-state index in [9.17, 15) is 4.79 Å². The normalized spacial score (nSPS) is 39.7. The molecule has 5 nitrogen and oxygen atoms in total. The van der Waals surface area contributed by atoms with Crippen molar-refractivity contribution in [1.82, 2.24) is 0 Å². The zero-order chi connectivity index (χ0) is 21.8. The number of carbonyl (C=O) groups is 1. The number of ketones is 1. The van der Waals surface area contributed by atoms with Crippen molar-refractivity contribution in [3.05, 3.63) is 60.2 Å². The van der Waals surface area contributed by atoms with Crippen molar-refractivity contribution in [2.45, 2.75) is 76.5 Å². The first-order valence-corrected chi connectivity index (χ1v) is 11.3. The SMILES string of the molecule is C=C(C)C[C@@]1(OCc2ccccc2)[C@@H](C(=O)[C@@H]2C[C@@H]3C=C[C@H]2C3)O[C@@H]2OC(C)(C)O[C@@H]21. The maximum absolute atomic E-state index is 13.9. The Bertz CT molecular complexity index is 890. The average molecular weight is 425 g/mol. The highest BCUT2D eigenvalue weighted by atomic mass is 16.8. The van der Waals surface area contributed by atoms with Crippen molar-refractivity contribution in [2.75, 3.05) is 0 Å². The summed E-state index contributed by atoms with van der Waals surface area (Å²) in [7, 11) is 0. The summed E-state index contributed by atoms with van der Waals surface area (Å²) in [4.78, 5) is 13.9. The molecule has 0 spiro atoms. The Morgan fingerprint density at radius 2 is 1.94 bits per heavy atom. The maximum Gasteiger partial charge on any atom is 0.191 e. The van der Waals surface area contributed by atoms with E-state index < -0.39 is 29.9 Å². The Morgan fingerprint density at radius 1 is 1.16 bits per heavy atom. The van der Waals surface area contributed by atoms with E-state index in [4.69, 9.17) is 18.9 Å². The van der Waals surface area contributed by atoms with Gasteiger partial charge in [-0.1, -0.05) is 48.1 Å². The van der Waals surface area contributed by atoms with Gasteiger partial charge in [0.2, 0.25) is 0 Å². The number of benzene rings is 1. The van der Waals surface area contributed by atoms with Crippen molar-refractivity contribution >= 4 is 5.78 Å². The maximum atomic E-state index is 13.9. The lowest BCUT2D eigenvalue weighted by Crippen LogP contribution is -2.55. The first-order valence-electron chi connectivity index (χ1n) is 11.3. The summed E-state index contributed by atoms with van der Waals surface area (Å²) in [6.45, 7) is 10.2. The zero-order valence-electron chi connectivity index (χ0n) is 18.6. The summed E-state index contributed by atoms with van der Waals surface area (Å²) in [6.07, 6.45) is 5.02. The van der Waals surface area contributed by atoms with Crippen LogP contribution in [0, 0.1) is 17.8 Å². The van der Waals surface area contributed by atoms with Crippen LogP contribution in [0.5, 0.6) is 0 Å². The van der Waals surface area contributed by atoms with Gasteiger partial charge in [0, 0.05) is 12.3 Å². The summed E-state index contributed by atoms with van der Waals surface area (Å²) >= 11 is 0. The van der Waals surface area contributed by atoms with Gasteiger partial charge in [0.15, 0.2) is 24.0 Å². The molecule has 31 heavy (non-hydrogen) atoms. The van der Waals surface area contributed by atoms with Crippen molar-refractivity contribution in [3.8, 4) is 0 Å². The number of rotatable bonds is 7. The summed E-state index contributed by atoms with van der Waals surface area (Å²) < 4.78 is 25.3. The molecule has 166 valence electrons. The molecule has 1 saturated carbocycles. The van der Waals surface area contributed by atoms with Crippen LogP contribution in [0.25, 0.3) is 0 Å². The summed E-state index contributed by atoms with van der Waals surface area (Å²) in [5.41, 5.74) is 0.999. The lowest BCUT2D eigenvalue weighted by Gasteiger charge is -2.39. The molecule has 5 rings (SSSR count). The van der Waals surface area contributed by atoms with Crippen LogP contribution in [0.3, 0.4) is 0 Å². The van der Waals surface area contributed by atoms with Crippen LogP contribution >= 0.6 is 0 Å². The van der Waals surface area contributed by atoms with E-state index in [1.54, 1.807) is 0 Å². The molecule has 0 amide bonds. The van der Waals surface area contributed by atoms with Gasteiger partial charge in [0.25, 0.3) is 0 Å². The third-order valence-corrected chi connectivity index (χ3v) is 7.08. The summed E-state index contributed by atoms with van der Waals surface area (Å²) in [5, 5.41) is 0. The van der Waals surface area contributed by atoms with Gasteiger partial charge in [-0.2, -0.15) is 0 Å². The Morgan fingerprint density at radius 3 is 2.58 bits per heavy atom. The second kappa shape index (κ2) is 7.66. The lowest BCUT2D eigenvalue weighted by atomic mass is 9.78. The Kier molecular flexibility index (Phi) is 5.21. The lowest BCUT2D eigenvalue weighted by molar-refractivity contribution is -0.237. The van der Waals surface area contributed by atoms with Crippen LogP contribution in [0.1, 0.15) is 45.6 Å². The molecular weight excluding hydrogens is 392 g/mol. The highest BCUT2D eigenvalue weighted by Crippen LogP contribution is 2.51. The Hall–Kier alpha value is -1.79. The Labute approximate surface area is 184 Å². The van der Waals surface area contributed by atoms with Crippen molar-refractivity contribution < 1.29 is 23.7 Å². The number of hydrogen-bond donors (Lipinski definition) is 0. The van der Waals surface area contributed by atoms with E-state index in [0.717, 1.165) is 24.0 Å². The molecule has 4 aliphatic rings. The predicted molar refractivity (Wildman–Crippen MR) is 116 cm³/mol. The fourth-order valence-electron chi connectivity index (χ4n) is 5.83. The third kappa shape index (κ3) is 3.72. The van der Waals surface area contributed by atoms with E-state index in [-0.39, 0.29) is 11.7 Å². The molecule has 0 unspecified atom stereocenters. The average Bonchev–Trinajstić information content (AvgIpc) is 3.47. The molecule has 3 fully saturated rings. The van der Waals surface area contributed by atoms with Gasteiger partial charge in [-0.15, -0.1) is 6.58 Å². The van der Waals surface area contributed by atoms with Gasteiger partial charge in [-0.3, -0.25) is 4.79 Å². The van der Waals surface area contributed by atoms with Crippen LogP contribution in [0.15, 0.2) is 54.6 Å². The van der Waals surface area contributed by atoms with Crippen LogP contribution in [0.4, 0.5) is 0 Å². The van der Waals surface area contributed by atoms with Gasteiger partial charge in [0.1, 0.15) is 11.7 Å². The van der Waals surface area contributed by atoms with Gasteiger partial charge in [-0.05, 0) is 51.0 Å². The highest BCUT2D eigenvalue weighted by Gasteiger charge is 2.67. The Balaban J connectivity index is 1.49. The second-order valence-electron chi connectivity index (χ2n) is 10.1. The standard InChI is InChI=1S/C26H32O5/c1-16(2)14-26(28-15-17-8-6-5-7-9-17)22(29-24-23(26)30-25(3,4)31-24)21(27)20-13-18-10-11-19(20)12-18/h5-11,18-20,22-24H,1,12-15H2,2-4H3/t18-,19+,20-,22-,23+,24-,26-/m1/s1. The number of carbonyl (C=O) groups excluding carboxylic acids is 1. The molecule has 1 aromatic rings. The fraction of sp³-hybridized carbons (Fsp3) is 0.577. The molecule has 2 aliphatic carbocycles. The molecule has 2 saturated heterocycles. The van der Waals surface area contributed by atoms with Gasteiger partial charge in [0.05, 0.1) is 6.61 Å². The van der Waals surface area contributed by atoms with Crippen LogP contribution in [0.2, 0.25) is 0 Å². The van der Waals surface area contributed by atoms with E-state index in [1.807, 2.05) is 51.1 Å². The largest absolute Gasteiger partial charge is 0.364 e. The van der Waals surface area contributed by atoms with Gasteiger partial charge >= 0.3 is 0 Å². The predicted octanol–water partition coefficient (Wildman–Crippen LogP) is 4.57. The molecule has 7 atom stereocenters. The summed E-state index contributed by atoms with van der Waals surface area (Å²) in [6, 6.07) is 10.00. The third-order valence-electron chi connectivity index (χ3n) is 7.08. The smallest absolute Gasteiger partial charge is 0.191 e. The first kappa shape index (κ1) is 21.1. The molecule has 0 radical (unpaired) electrons. The molecule has 0 N–H and O–H groups in total. The number of allylic oxidation sites excluding steroid dienone is 2. The van der Waals surface area contributed by atoms with E-state index >= 15 is 0 Å². The molecule has 2 heterocycles.